The molecular formula is C19H38O3. The Morgan fingerprint density at radius 1 is 0.818 bits per heavy atom. The van der Waals surface area contributed by atoms with Gasteiger partial charge in [0.05, 0.1) is 12.9 Å². The van der Waals surface area contributed by atoms with E-state index in [0.717, 1.165) is 19.4 Å². The molecule has 0 aliphatic carbocycles. The molecule has 0 bridgehead atoms. The standard InChI is InChI=1S/C19H38O3/c1-5-9-10-11-12-13-14-18(15-17-20-16-6-2)19(21-7-3)22-8-4/h6,16,18-19H,5,7-15,17H2,1-4H3. The molecular weight excluding hydrogens is 276 g/mol. The molecule has 0 aromatic heterocycles. The first-order chi connectivity index (χ1) is 10.8. The Morgan fingerprint density at radius 3 is 2.05 bits per heavy atom. The van der Waals surface area contributed by atoms with Crippen LogP contribution in [-0.2, 0) is 14.2 Å². The van der Waals surface area contributed by atoms with E-state index in [-0.39, 0.29) is 6.29 Å². The van der Waals surface area contributed by atoms with Crippen LogP contribution in [0.3, 0.4) is 0 Å². The van der Waals surface area contributed by atoms with Crippen LogP contribution in [0.1, 0.15) is 79.1 Å². The van der Waals surface area contributed by atoms with E-state index >= 15 is 0 Å². The minimum absolute atomic E-state index is 0.0835. The van der Waals surface area contributed by atoms with Gasteiger partial charge in [0.2, 0.25) is 0 Å². The molecule has 1 atom stereocenters. The zero-order chi connectivity index (χ0) is 16.5. The van der Waals surface area contributed by atoms with Crippen molar-refractivity contribution in [3.05, 3.63) is 12.3 Å². The molecule has 132 valence electrons. The van der Waals surface area contributed by atoms with E-state index < -0.39 is 0 Å². The molecule has 0 heterocycles. The van der Waals surface area contributed by atoms with E-state index in [1.165, 1.54) is 38.5 Å². The van der Waals surface area contributed by atoms with Gasteiger partial charge < -0.3 is 14.2 Å². The summed E-state index contributed by atoms with van der Waals surface area (Å²) in [4.78, 5) is 0. The minimum atomic E-state index is -0.0835. The molecule has 0 aliphatic rings. The van der Waals surface area contributed by atoms with Crippen molar-refractivity contribution in [2.75, 3.05) is 19.8 Å². The molecule has 0 radical (unpaired) electrons. The summed E-state index contributed by atoms with van der Waals surface area (Å²) in [6.07, 6.45) is 13.7. The molecule has 0 spiro atoms. The van der Waals surface area contributed by atoms with E-state index in [2.05, 4.69) is 6.92 Å². The number of hydrogen-bond acceptors (Lipinski definition) is 3. The molecule has 0 N–H and O–H groups in total. The molecule has 0 saturated carbocycles. The van der Waals surface area contributed by atoms with Crippen LogP contribution in [0, 0.1) is 5.92 Å². The SMILES string of the molecule is CC=COCCC(CCCCCCCC)C(OCC)OCC. The highest BCUT2D eigenvalue weighted by Crippen LogP contribution is 2.22. The van der Waals surface area contributed by atoms with Crippen LogP contribution in [0.4, 0.5) is 0 Å². The maximum atomic E-state index is 5.80. The van der Waals surface area contributed by atoms with Crippen molar-refractivity contribution in [2.45, 2.75) is 85.4 Å². The van der Waals surface area contributed by atoms with E-state index in [0.29, 0.717) is 19.1 Å². The summed E-state index contributed by atoms with van der Waals surface area (Å²) in [5.74, 6) is 0.427. The Bertz CT molecular complexity index is 235. The fourth-order valence-corrected chi connectivity index (χ4v) is 2.64. The molecule has 0 aromatic rings. The predicted octanol–water partition coefficient (Wildman–Crippen LogP) is 5.69. The van der Waals surface area contributed by atoms with Crippen molar-refractivity contribution < 1.29 is 14.2 Å². The molecule has 3 nitrogen and oxygen atoms in total. The smallest absolute Gasteiger partial charge is 0.160 e. The van der Waals surface area contributed by atoms with Gasteiger partial charge in [-0.25, -0.2) is 0 Å². The third-order valence-corrected chi connectivity index (χ3v) is 3.81. The van der Waals surface area contributed by atoms with Gasteiger partial charge in [0.15, 0.2) is 6.29 Å². The molecule has 0 rings (SSSR count). The first kappa shape index (κ1) is 21.5. The average Bonchev–Trinajstić information content (AvgIpc) is 2.52. The van der Waals surface area contributed by atoms with Gasteiger partial charge in [-0.3, -0.25) is 0 Å². The highest BCUT2D eigenvalue weighted by Gasteiger charge is 2.21. The maximum Gasteiger partial charge on any atom is 0.160 e. The van der Waals surface area contributed by atoms with Crippen LogP contribution in [0.15, 0.2) is 12.3 Å². The normalized spacial score (nSPS) is 13.1. The molecule has 0 aromatic carbocycles. The topological polar surface area (TPSA) is 27.7 Å². The summed E-state index contributed by atoms with van der Waals surface area (Å²) in [7, 11) is 0. The molecule has 0 fully saturated rings. The Kier molecular flexibility index (Phi) is 16.4. The van der Waals surface area contributed by atoms with E-state index in [1.807, 2.05) is 26.8 Å². The molecule has 1 unspecified atom stereocenters. The Morgan fingerprint density at radius 2 is 1.45 bits per heavy atom. The number of hydrogen-bond donors (Lipinski definition) is 0. The van der Waals surface area contributed by atoms with Crippen LogP contribution in [0.25, 0.3) is 0 Å². The fourth-order valence-electron chi connectivity index (χ4n) is 2.64. The molecule has 0 saturated heterocycles. The van der Waals surface area contributed by atoms with Crippen molar-refractivity contribution in [3.63, 3.8) is 0 Å². The summed E-state index contributed by atoms with van der Waals surface area (Å²) < 4.78 is 17.1. The molecule has 0 amide bonds. The predicted molar refractivity (Wildman–Crippen MR) is 93.9 cm³/mol. The monoisotopic (exact) mass is 314 g/mol. The molecule has 3 heteroatoms. The summed E-state index contributed by atoms with van der Waals surface area (Å²) in [5.41, 5.74) is 0. The largest absolute Gasteiger partial charge is 0.502 e. The van der Waals surface area contributed by atoms with E-state index in [1.54, 1.807) is 6.26 Å². The number of rotatable bonds is 16. The lowest BCUT2D eigenvalue weighted by Gasteiger charge is -2.26. The highest BCUT2D eigenvalue weighted by atomic mass is 16.7. The van der Waals surface area contributed by atoms with Crippen LogP contribution in [0.2, 0.25) is 0 Å². The van der Waals surface area contributed by atoms with Gasteiger partial charge >= 0.3 is 0 Å². The summed E-state index contributed by atoms with van der Waals surface area (Å²) >= 11 is 0. The van der Waals surface area contributed by atoms with Crippen molar-refractivity contribution >= 4 is 0 Å². The van der Waals surface area contributed by atoms with Gasteiger partial charge in [0, 0.05) is 19.1 Å². The van der Waals surface area contributed by atoms with Gasteiger partial charge in [-0.2, -0.15) is 0 Å². The number of unbranched alkanes of at least 4 members (excludes halogenated alkanes) is 5. The van der Waals surface area contributed by atoms with Crippen molar-refractivity contribution in [1.82, 2.24) is 0 Å². The second kappa shape index (κ2) is 16.8. The lowest BCUT2D eigenvalue weighted by atomic mass is 9.96. The summed E-state index contributed by atoms with van der Waals surface area (Å²) in [6.45, 7) is 10.4. The van der Waals surface area contributed by atoms with Gasteiger partial charge in [-0.15, -0.1) is 0 Å². The van der Waals surface area contributed by atoms with Gasteiger partial charge in [0.25, 0.3) is 0 Å². The van der Waals surface area contributed by atoms with Crippen molar-refractivity contribution in [3.8, 4) is 0 Å². The number of allylic oxidation sites excluding steroid dienone is 1. The Hall–Kier alpha value is -0.540. The van der Waals surface area contributed by atoms with Crippen molar-refractivity contribution in [1.29, 1.82) is 0 Å². The molecule has 22 heavy (non-hydrogen) atoms. The lowest BCUT2D eigenvalue weighted by molar-refractivity contribution is -0.171. The second-order valence-electron chi connectivity index (χ2n) is 5.72. The molecule has 0 aliphatic heterocycles. The van der Waals surface area contributed by atoms with Crippen LogP contribution >= 0.6 is 0 Å². The van der Waals surface area contributed by atoms with Gasteiger partial charge in [-0.1, -0.05) is 51.5 Å². The lowest BCUT2D eigenvalue weighted by Crippen LogP contribution is -2.28. The van der Waals surface area contributed by atoms with E-state index in [4.69, 9.17) is 14.2 Å². The van der Waals surface area contributed by atoms with Crippen LogP contribution in [0.5, 0.6) is 0 Å². The van der Waals surface area contributed by atoms with Crippen LogP contribution < -0.4 is 0 Å². The summed E-state index contributed by atoms with van der Waals surface area (Å²) in [6, 6.07) is 0. The third-order valence-electron chi connectivity index (χ3n) is 3.81. The van der Waals surface area contributed by atoms with Gasteiger partial charge in [-0.05, 0) is 33.6 Å². The fraction of sp³-hybridized carbons (Fsp3) is 0.895. The maximum absolute atomic E-state index is 5.80. The quantitative estimate of drug-likeness (QED) is 0.208. The second-order valence-corrected chi connectivity index (χ2v) is 5.72. The third kappa shape index (κ3) is 12.0. The first-order valence-electron chi connectivity index (χ1n) is 9.25. The first-order valence-corrected chi connectivity index (χ1v) is 9.25. The van der Waals surface area contributed by atoms with E-state index in [9.17, 15) is 0 Å². The zero-order valence-electron chi connectivity index (χ0n) is 15.3. The average molecular weight is 315 g/mol. The Balaban J connectivity index is 4.17. The van der Waals surface area contributed by atoms with Crippen molar-refractivity contribution in [2.24, 2.45) is 5.92 Å². The van der Waals surface area contributed by atoms with Gasteiger partial charge in [0.1, 0.15) is 0 Å². The Labute approximate surface area is 138 Å². The highest BCUT2D eigenvalue weighted by molar-refractivity contribution is 4.68. The number of ether oxygens (including phenoxy) is 3. The zero-order valence-corrected chi connectivity index (χ0v) is 15.3. The van der Waals surface area contributed by atoms with Crippen LogP contribution in [-0.4, -0.2) is 26.1 Å². The minimum Gasteiger partial charge on any atom is -0.502 e. The summed E-state index contributed by atoms with van der Waals surface area (Å²) in [5, 5.41) is 0.